The van der Waals surface area contributed by atoms with Gasteiger partial charge in [0.05, 0.1) is 11.1 Å². The van der Waals surface area contributed by atoms with E-state index in [0.29, 0.717) is 5.56 Å². The minimum atomic E-state index is -0.533. The molecule has 14 heavy (non-hydrogen) atoms. The smallest absolute Gasteiger partial charge is 0.407 e. The number of amides is 1. The lowest BCUT2D eigenvalue weighted by Crippen LogP contribution is -2.19. The van der Waals surface area contributed by atoms with Crippen molar-refractivity contribution in [1.82, 2.24) is 5.32 Å². The number of hydrogen-bond acceptors (Lipinski definition) is 2. The minimum Gasteiger partial charge on any atom is -0.447 e. The molecule has 1 unspecified atom stereocenters. The van der Waals surface area contributed by atoms with Crippen molar-refractivity contribution in [1.29, 1.82) is 0 Å². The second-order valence-electron chi connectivity index (χ2n) is 2.94. The van der Waals surface area contributed by atoms with Crippen LogP contribution in [0.3, 0.4) is 0 Å². The second kappa shape index (κ2) is 3.46. The van der Waals surface area contributed by atoms with Gasteiger partial charge in [0.1, 0.15) is 12.4 Å². The number of rotatable bonds is 1. The molecule has 1 N–H and O–H groups in total. The van der Waals surface area contributed by atoms with Crippen molar-refractivity contribution in [2.24, 2.45) is 0 Å². The van der Waals surface area contributed by atoms with Gasteiger partial charge in [-0.25, -0.2) is 9.18 Å². The molecule has 0 spiro atoms. The highest BCUT2D eigenvalue weighted by atomic mass is 35.5. The second-order valence-corrected chi connectivity index (χ2v) is 3.35. The number of benzene rings is 1. The maximum Gasteiger partial charge on any atom is 0.407 e. The molecule has 1 atom stereocenters. The monoisotopic (exact) mass is 215 g/mol. The Morgan fingerprint density at radius 2 is 2.36 bits per heavy atom. The third kappa shape index (κ3) is 1.53. The molecule has 1 amide bonds. The summed E-state index contributed by atoms with van der Waals surface area (Å²) in [6.45, 7) is 0.135. The molecule has 1 aromatic rings. The van der Waals surface area contributed by atoms with Crippen LogP contribution in [-0.4, -0.2) is 12.7 Å². The normalized spacial score (nSPS) is 20.4. The highest BCUT2D eigenvalue weighted by Crippen LogP contribution is 2.25. The van der Waals surface area contributed by atoms with E-state index in [1.54, 1.807) is 12.1 Å². The average molecular weight is 216 g/mol. The number of hydrogen-bond donors (Lipinski definition) is 1. The Morgan fingerprint density at radius 3 is 3.00 bits per heavy atom. The number of halogens is 2. The van der Waals surface area contributed by atoms with Crippen LogP contribution < -0.4 is 5.32 Å². The van der Waals surface area contributed by atoms with Crippen LogP contribution in [0, 0.1) is 5.82 Å². The fourth-order valence-corrected chi connectivity index (χ4v) is 1.52. The van der Waals surface area contributed by atoms with Crippen molar-refractivity contribution in [3.05, 3.63) is 34.6 Å². The van der Waals surface area contributed by atoms with Gasteiger partial charge < -0.3 is 10.1 Å². The van der Waals surface area contributed by atoms with Crippen LogP contribution in [0.2, 0.25) is 5.02 Å². The van der Waals surface area contributed by atoms with Crippen LogP contribution in [0.1, 0.15) is 11.6 Å². The fourth-order valence-electron chi connectivity index (χ4n) is 1.34. The summed E-state index contributed by atoms with van der Waals surface area (Å²) in [5, 5.41) is 2.52. The first-order chi connectivity index (χ1) is 6.68. The predicted octanol–water partition coefficient (Wildman–Crippen LogP) is 2.26. The summed E-state index contributed by atoms with van der Waals surface area (Å²) in [7, 11) is 0. The lowest BCUT2D eigenvalue weighted by Gasteiger charge is -2.09. The SMILES string of the molecule is O=C1NC(c2cccc(Cl)c2F)CO1. The van der Waals surface area contributed by atoms with Crippen molar-refractivity contribution >= 4 is 17.7 Å². The van der Waals surface area contributed by atoms with Crippen molar-refractivity contribution in [3.8, 4) is 0 Å². The van der Waals surface area contributed by atoms with E-state index in [-0.39, 0.29) is 11.6 Å². The molecule has 5 heteroatoms. The van der Waals surface area contributed by atoms with Gasteiger partial charge in [0.2, 0.25) is 0 Å². The van der Waals surface area contributed by atoms with Crippen LogP contribution in [0.5, 0.6) is 0 Å². The molecule has 1 aliphatic heterocycles. The molecule has 1 heterocycles. The Morgan fingerprint density at radius 1 is 1.57 bits per heavy atom. The van der Waals surface area contributed by atoms with E-state index < -0.39 is 18.0 Å². The summed E-state index contributed by atoms with van der Waals surface area (Å²) in [6, 6.07) is 4.21. The molecule has 2 rings (SSSR count). The van der Waals surface area contributed by atoms with Gasteiger partial charge >= 0.3 is 6.09 Å². The number of nitrogens with one attached hydrogen (secondary N) is 1. The lowest BCUT2D eigenvalue weighted by atomic mass is 10.1. The van der Waals surface area contributed by atoms with E-state index >= 15 is 0 Å². The van der Waals surface area contributed by atoms with E-state index in [4.69, 9.17) is 11.6 Å². The zero-order valence-corrected chi connectivity index (χ0v) is 7.84. The van der Waals surface area contributed by atoms with Crippen LogP contribution in [0.25, 0.3) is 0 Å². The summed E-state index contributed by atoms with van der Waals surface area (Å²) in [6.07, 6.45) is -0.533. The third-order valence-corrected chi connectivity index (χ3v) is 2.32. The molecule has 1 aliphatic rings. The Kier molecular flexibility index (Phi) is 2.29. The van der Waals surface area contributed by atoms with Gasteiger partial charge in [-0.3, -0.25) is 0 Å². The number of carbonyl (C=O) groups excluding carboxylic acids is 1. The zero-order valence-electron chi connectivity index (χ0n) is 7.09. The Labute approximate surface area is 84.8 Å². The molecule has 0 radical (unpaired) electrons. The van der Waals surface area contributed by atoms with E-state index in [0.717, 1.165) is 0 Å². The largest absolute Gasteiger partial charge is 0.447 e. The van der Waals surface area contributed by atoms with Gasteiger partial charge in [-0.2, -0.15) is 0 Å². The fraction of sp³-hybridized carbons (Fsp3) is 0.222. The van der Waals surface area contributed by atoms with Crippen molar-refractivity contribution in [2.45, 2.75) is 6.04 Å². The van der Waals surface area contributed by atoms with E-state index in [2.05, 4.69) is 10.1 Å². The van der Waals surface area contributed by atoms with Gasteiger partial charge in [0, 0.05) is 5.56 Å². The Balaban J connectivity index is 2.32. The highest BCUT2D eigenvalue weighted by molar-refractivity contribution is 6.30. The van der Waals surface area contributed by atoms with Crippen LogP contribution in [-0.2, 0) is 4.74 Å². The number of cyclic esters (lactones) is 1. The van der Waals surface area contributed by atoms with Crippen LogP contribution in [0.15, 0.2) is 18.2 Å². The van der Waals surface area contributed by atoms with Gasteiger partial charge in [-0.05, 0) is 6.07 Å². The van der Waals surface area contributed by atoms with Gasteiger partial charge in [-0.15, -0.1) is 0 Å². The average Bonchev–Trinajstić information content (AvgIpc) is 2.57. The zero-order chi connectivity index (χ0) is 10.1. The molecule has 1 fully saturated rings. The molecule has 0 aromatic heterocycles. The Hall–Kier alpha value is -1.29. The standard InChI is InChI=1S/C9H7ClFNO2/c10-6-3-1-2-5(8(6)11)7-4-14-9(13)12-7/h1-3,7H,4H2,(H,12,13). The summed E-state index contributed by atoms with van der Waals surface area (Å²) < 4.78 is 18.1. The number of ether oxygens (including phenoxy) is 1. The summed E-state index contributed by atoms with van der Waals surface area (Å²) >= 11 is 5.60. The molecule has 0 bridgehead atoms. The molecule has 0 aliphatic carbocycles. The van der Waals surface area contributed by atoms with E-state index in [9.17, 15) is 9.18 Å². The summed E-state index contributed by atoms with van der Waals surface area (Å²) in [5.74, 6) is -0.509. The van der Waals surface area contributed by atoms with E-state index in [1.165, 1.54) is 6.07 Å². The molecule has 74 valence electrons. The van der Waals surface area contributed by atoms with Gasteiger partial charge in [0.25, 0.3) is 0 Å². The first kappa shape index (κ1) is 9.27. The molecule has 0 saturated carbocycles. The lowest BCUT2D eigenvalue weighted by molar-refractivity contribution is 0.177. The first-order valence-electron chi connectivity index (χ1n) is 4.05. The summed E-state index contributed by atoms with van der Waals surface area (Å²) in [5.41, 5.74) is 0.350. The molecule has 1 saturated heterocycles. The maximum absolute atomic E-state index is 13.4. The highest BCUT2D eigenvalue weighted by Gasteiger charge is 2.26. The first-order valence-corrected chi connectivity index (χ1v) is 4.43. The Bertz CT molecular complexity index is 383. The molecular weight excluding hydrogens is 209 g/mol. The van der Waals surface area contributed by atoms with Gasteiger partial charge in [0.15, 0.2) is 0 Å². The molecule has 3 nitrogen and oxygen atoms in total. The summed E-state index contributed by atoms with van der Waals surface area (Å²) in [4.78, 5) is 10.7. The van der Waals surface area contributed by atoms with Gasteiger partial charge in [-0.1, -0.05) is 23.7 Å². The number of carbonyl (C=O) groups is 1. The minimum absolute atomic E-state index is 0.0450. The maximum atomic E-state index is 13.4. The quantitative estimate of drug-likeness (QED) is 0.781. The van der Waals surface area contributed by atoms with Crippen LogP contribution >= 0.6 is 11.6 Å². The third-order valence-electron chi connectivity index (χ3n) is 2.03. The topological polar surface area (TPSA) is 38.3 Å². The van der Waals surface area contributed by atoms with Crippen molar-refractivity contribution in [2.75, 3.05) is 6.61 Å². The molecular formula is C9H7ClFNO2. The number of alkyl carbamates (subject to hydrolysis) is 1. The predicted molar refractivity (Wildman–Crippen MR) is 48.6 cm³/mol. The molecule has 1 aromatic carbocycles. The van der Waals surface area contributed by atoms with Crippen molar-refractivity contribution < 1.29 is 13.9 Å². The van der Waals surface area contributed by atoms with Crippen LogP contribution in [0.4, 0.5) is 9.18 Å². The van der Waals surface area contributed by atoms with Crippen molar-refractivity contribution in [3.63, 3.8) is 0 Å². The van der Waals surface area contributed by atoms with E-state index in [1.807, 2.05) is 0 Å².